The Morgan fingerprint density at radius 1 is 1.16 bits per heavy atom. The van der Waals surface area contributed by atoms with Crippen LogP contribution >= 0.6 is 0 Å². The molecule has 1 unspecified atom stereocenters. The van der Waals surface area contributed by atoms with Crippen LogP contribution in [0.3, 0.4) is 0 Å². The largest absolute Gasteiger partial charge is 0.486 e. The van der Waals surface area contributed by atoms with Crippen LogP contribution in [0.25, 0.3) is 0 Å². The topological polar surface area (TPSA) is 68.0 Å². The van der Waals surface area contributed by atoms with Gasteiger partial charge in [0, 0.05) is 6.20 Å². The fourth-order valence-corrected chi connectivity index (χ4v) is 2.02. The summed E-state index contributed by atoms with van der Waals surface area (Å²) in [5.74, 6) is 0.964. The van der Waals surface area contributed by atoms with E-state index < -0.39 is 5.92 Å². The first-order valence-corrected chi connectivity index (χ1v) is 5.93. The molecule has 1 atom stereocenters. The van der Waals surface area contributed by atoms with Gasteiger partial charge in [0.05, 0.1) is 11.8 Å². The summed E-state index contributed by atoms with van der Waals surface area (Å²) in [6, 6.07) is 9.53. The second-order valence-corrected chi connectivity index (χ2v) is 4.10. The zero-order chi connectivity index (χ0) is 13.1. The maximum Gasteiger partial charge on any atom is 0.161 e. The lowest BCUT2D eigenvalue weighted by atomic mass is 9.96. The van der Waals surface area contributed by atoms with E-state index in [9.17, 15) is 5.26 Å². The molecule has 5 nitrogen and oxygen atoms in total. The summed E-state index contributed by atoms with van der Waals surface area (Å²) in [6.07, 6.45) is 3.07. The number of hydrogen-bond donors (Lipinski definition) is 0. The Labute approximate surface area is 110 Å². The van der Waals surface area contributed by atoms with Gasteiger partial charge in [-0.15, -0.1) is 0 Å². The summed E-state index contributed by atoms with van der Waals surface area (Å²) in [5, 5.41) is 9.35. The molecule has 1 aliphatic rings. The molecule has 19 heavy (non-hydrogen) atoms. The number of benzene rings is 1. The van der Waals surface area contributed by atoms with E-state index in [2.05, 4.69) is 16.0 Å². The molecule has 0 saturated heterocycles. The van der Waals surface area contributed by atoms with Crippen LogP contribution in [-0.2, 0) is 0 Å². The lowest BCUT2D eigenvalue weighted by Crippen LogP contribution is -2.15. The van der Waals surface area contributed by atoms with Crippen LogP contribution in [-0.4, -0.2) is 23.2 Å². The van der Waals surface area contributed by atoms with Crippen molar-refractivity contribution >= 4 is 0 Å². The van der Waals surface area contributed by atoms with Gasteiger partial charge in [0.25, 0.3) is 0 Å². The molecule has 0 fully saturated rings. The number of aromatic nitrogens is 2. The molecule has 5 heteroatoms. The molecule has 0 bridgehead atoms. The van der Waals surface area contributed by atoms with Crippen molar-refractivity contribution in [2.75, 3.05) is 13.2 Å². The summed E-state index contributed by atoms with van der Waals surface area (Å²) < 4.78 is 11.0. The summed E-state index contributed by atoms with van der Waals surface area (Å²) in [7, 11) is 0. The van der Waals surface area contributed by atoms with Gasteiger partial charge in [-0.25, -0.2) is 9.97 Å². The number of fused-ring (bicyclic) bond motifs is 1. The quantitative estimate of drug-likeness (QED) is 0.817. The van der Waals surface area contributed by atoms with E-state index in [1.165, 1.54) is 6.33 Å². The molecule has 0 amide bonds. The molecule has 94 valence electrons. The lowest BCUT2D eigenvalue weighted by molar-refractivity contribution is 0.171. The van der Waals surface area contributed by atoms with Crippen molar-refractivity contribution < 1.29 is 9.47 Å². The van der Waals surface area contributed by atoms with Crippen molar-refractivity contribution in [3.8, 4) is 17.6 Å². The third-order valence-corrected chi connectivity index (χ3v) is 2.93. The van der Waals surface area contributed by atoms with Crippen molar-refractivity contribution in [3.63, 3.8) is 0 Å². The van der Waals surface area contributed by atoms with Crippen LogP contribution in [0.4, 0.5) is 0 Å². The van der Waals surface area contributed by atoms with Crippen LogP contribution < -0.4 is 9.47 Å². The van der Waals surface area contributed by atoms with Crippen molar-refractivity contribution in [1.82, 2.24) is 9.97 Å². The number of hydrogen-bond acceptors (Lipinski definition) is 5. The fraction of sp³-hybridized carbons (Fsp3) is 0.214. The fourth-order valence-electron chi connectivity index (χ4n) is 2.02. The number of nitriles is 1. The molecule has 1 aliphatic heterocycles. The maximum atomic E-state index is 9.35. The highest BCUT2D eigenvalue weighted by molar-refractivity contribution is 5.47. The minimum atomic E-state index is -0.432. The highest BCUT2D eigenvalue weighted by atomic mass is 16.6. The Morgan fingerprint density at radius 3 is 2.74 bits per heavy atom. The van der Waals surface area contributed by atoms with Gasteiger partial charge in [0.1, 0.15) is 25.5 Å². The molecule has 0 aliphatic carbocycles. The first-order chi connectivity index (χ1) is 9.38. The van der Waals surface area contributed by atoms with Crippen LogP contribution in [0.1, 0.15) is 17.2 Å². The summed E-state index contributed by atoms with van der Waals surface area (Å²) in [6.45, 7) is 1.08. The molecule has 0 radical (unpaired) electrons. The normalized spacial score (nSPS) is 14.5. The molecule has 3 rings (SSSR count). The zero-order valence-electron chi connectivity index (χ0n) is 10.1. The summed E-state index contributed by atoms with van der Waals surface area (Å²) >= 11 is 0. The van der Waals surface area contributed by atoms with Crippen LogP contribution in [0, 0.1) is 11.3 Å². The second kappa shape index (κ2) is 4.94. The first-order valence-electron chi connectivity index (χ1n) is 5.93. The van der Waals surface area contributed by atoms with E-state index in [1.807, 2.05) is 18.2 Å². The van der Waals surface area contributed by atoms with Gasteiger partial charge in [-0.3, -0.25) is 0 Å². The lowest BCUT2D eigenvalue weighted by Gasteiger charge is -2.19. The van der Waals surface area contributed by atoms with Gasteiger partial charge in [-0.2, -0.15) is 5.26 Å². The minimum absolute atomic E-state index is 0.432. The smallest absolute Gasteiger partial charge is 0.161 e. The molecular formula is C14H11N3O2. The Hall–Kier alpha value is -2.61. The first kappa shape index (κ1) is 11.5. The number of rotatable bonds is 2. The van der Waals surface area contributed by atoms with Crippen molar-refractivity contribution in [3.05, 3.63) is 48.0 Å². The van der Waals surface area contributed by atoms with Gasteiger partial charge >= 0.3 is 0 Å². The Balaban J connectivity index is 1.99. The van der Waals surface area contributed by atoms with E-state index in [1.54, 1.807) is 12.3 Å². The van der Waals surface area contributed by atoms with Gasteiger partial charge in [-0.1, -0.05) is 6.07 Å². The minimum Gasteiger partial charge on any atom is -0.486 e. The summed E-state index contributed by atoms with van der Waals surface area (Å²) in [5.41, 5.74) is 1.51. The molecular weight excluding hydrogens is 242 g/mol. The van der Waals surface area contributed by atoms with E-state index >= 15 is 0 Å². The van der Waals surface area contributed by atoms with Crippen LogP contribution in [0.15, 0.2) is 36.8 Å². The Kier molecular flexibility index (Phi) is 2.99. The number of nitrogens with zero attached hydrogens (tertiary/aromatic N) is 3. The van der Waals surface area contributed by atoms with Gasteiger partial charge in [-0.05, 0) is 23.8 Å². The Morgan fingerprint density at radius 2 is 2.00 bits per heavy atom. The van der Waals surface area contributed by atoms with Crippen molar-refractivity contribution in [2.24, 2.45) is 0 Å². The SMILES string of the molecule is N#CC(c1ccc2c(c1)OCCO2)c1ccncn1. The molecule has 1 aromatic heterocycles. The molecule has 0 saturated carbocycles. The van der Waals surface area contributed by atoms with Gasteiger partial charge in [0.15, 0.2) is 11.5 Å². The monoisotopic (exact) mass is 253 g/mol. The van der Waals surface area contributed by atoms with E-state index in [4.69, 9.17) is 9.47 Å². The number of ether oxygens (including phenoxy) is 2. The third-order valence-electron chi connectivity index (χ3n) is 2.93. The predicted molar refractivity (Wildman–Crippen MR) is 66.9 cm³/mol. The van der Waals surface area contributed by atoms with Crippen molar-refractivity contribution in [1.29, 1.82) is 5.26 Å². The zero-order valence-corrected chi connectivity index (χ0v) is 10.1. The molecule has 2 aromatic rings. The van der Waals surface area contributed by atoms with Crippen molar-refractivity contribution in [2.45, 2.75) is 5.92 Å². The van der Waals surface area contributed by atoms with E-state index in [0.717, 1.165) is 11.3 Å². The average Bonchev–Trinajstić information content (AvgIpc) is 2.49. The summed E-state index contributed by atoms with van der Waals surface area (Å²) in [4.78, 5) is 7.99. The highest BCUT2D eigenvalue weighted by Crippen LogP contribution is 2.34. The Bertz CT molecular complexity index is 622. The molecule has 0 spiro atoms. The second-order valence-electron chi connectivity index (χ2n) is 4.10. The third kappa shape index (κ3) is 2.20. The molecule has 1 aromatic carbocycles. The highest BCUT2D eigenvalue weighted by Gasteiger charge is 2.19. The van der Waals surface area contributed by atoms with Gasteiger partial charge in [0.2, 0.25) is 0 Å². The van der Waals surface area contributed by atoms with E-state index in [-0.39, 0.29) is 0 Å². The van der Waals surface area contributed by atoms with Crippen LogP contribution in [0.2, 0.25) is 0 Å². The molecule has 2 heterocycles. The van der Waals surface area contributed by atoms with Crippen LogP contribution in [0.5, 0.6) is 11.5 Å². The van der Waals surface area contributed by atoms with E-state index in [0.29, 0.717) is 24.7 Å². The standard InChI is InChI=1S/C14H11N3O2/c15-8-11(12-3-4-16-9-17-12)10-1-2-13-14(7-10)19-6-5-18-13/h1-4,7,9,11H,5-6H2. The van der Waals surface area contributed by atoms with Gasteiger partial charge < -0.3 is 9.47 Å². The predicted octanol–water partition coefficient (Wildman–Crippen LogP) is 1.90. The molecule has 0 N–H and O–H groups in total. The maximum absolute atomic E-state index is 9.35. The average molecular weight is 253 g/mol.